The second-order valence-corrected chi connectivity index (χ2v) is 9.22. The van der Waals surface area contributed by atoms with E-state index in [4.69, 9.17) is 0 Å². The van der Waals surface area contributed by atoms with Crippen LogP contribution < -0.4 is 10.9 Å². The van der Waals surface area contributed by atoms with Crippen LogP contribution in [0.4, 0.5) is 5.13 Å². The van der Waals surface area contributed by atoms with E-state index in [0.717, 1.165) is 25.0 Å². The molecule has 152 valence electrons. The van der Waals surface area contributed by atoms with Gasteiger partial charge in [-0.05, 0) is 37.2 Å². The number of fused-ring (bicyclic) bond motifs is 2. The van der Waals surface area contributed by atoms with Gasteiger partial charge in [0.2, 0.25) is 0 Å². The van der Waals surface area contributed by atoms with Gasteiger partial charge in [-0.25, -0.2) is 9.67 Å². The lowest BCUT2D eigenvalue weighted by molar-refractivity contribution is 0.102. The quantitative estimate of drug-likeness (QED) is 0.681. The molecule has 1 unspecified atom stereocenters. The average molecular weight is 411 g/mol. The highest BCUT2D eigenvalue weighted by Gasteiger charge is 2.23. The van der Waals surface area contributed by atoms with Gasteiger partial charge in [0.05, 0.1) is 11.1 Å². The topological polar surface area (TPSA) is 76.9 Å². The van der Waals surface area contributed by atoms with Crippen molar-refractivity contribution in [2.45, 2.75) is 53.0 Å². The molecule has 0 radical (unpaired) electrons. The van der Waals surface area contributed by atoms with Crippen molar-refractivity contribution in [3.05, 3.63) is 50.9 Å². The van der Waals surface area contributed by atoms with Gasteiger partial charge in [0.1, 0.15) is 0 Å². The van der Waals surface area contributed by atoms with Crippen molar-refractivity contribution in [1.29, 1.82) is 0 Å². The van der Waals surface area contributed by atoms with Crippen molar-refractivity contribution in [1.82, 2.24) is 14.8 Å². The first-order valence-electron chi connectivity index (χ1n) is 10.3. The molecule has 1 aliphatic rings. The lowest BCUT2D eigenvalue weighted by atomic mass is 9.89. The van der Waals surface area contributed by atoms with Crippen molar-refractivity contribution in [2.24, 2.45) is 11.8 Å². The molecule has 6 nitrogen and oxygen atoms in total. The molecule has 0 saturated heterocycles. The molecule has 1 aromatic carbocycles. The SMILES string of the molecule is CCC1CCc2nc(NC(=O)c3nn(CC(C)C)c(=O)c4ccccc34)sc2C1. The fourth-order valence-corrected chi connectivity index (χ4v) is 4.99. The largest absolute Gasteiger partial charge is 0.296 e. The first-order chi connectivity index (χ1) is 14.0. The second kappa shape index (κ2) is 8.06. The Bertz CT molecular complexity index is 1120. The minimum absolute atomic E-state index is 0.166. The molecule has 1 atom stereocenters. The highest BCUT2D eigenvalue weighted by molar-refractivity contribution is 7.15. The zero-order valence-corrected chi connectivity index (χ0v) is 17.9. The van der Waals surface area contributed by atoms with Gasteiger partial charge in [-0.1, -0.05) is 45.4 Å². The molecular weight excluding hydrogens is 384 g/mol. The number of carbonyl (C=O) groups is 1. The number of nitrogens with one attached hydrogen (secondary N) is 1. The summed E-state index contributed by atoms with van der Waals surface area (Å²) in [7, 11) is 0. The van der Waals surface area contributed by atoms with Crippen LogP contribution in [-0.4, -0.2) is 20.7 Å². The van der Waals surface area contributed by atoms with Crippen LogP contribution in [0.1, 0.15) is 54.7 Å². The van der Waals surface area contributed by atoms with Gasteiger partial charge < -0.3 is 0 Å². The van der Waals surface area contributed by atoms with E-state index in [1.54, 1.807) is 23.5 Å². The number of hydrogen-bond acceptors (Lipinski definition) is 5. The normalized spacial score (nSPS) is 16.2. The summed E-state index contributed by atoms with van der Waals surface area (Å²) >= 11 is 1.56. The summed E-state index contributed by atoms with van der Waals surface area (Å²) in [4.78, 5) is 31.8. The van der Waals surface area contributed by atoms with Crippen molar-refractivity contribution >= 4 is 33.1 Å². The van der Waals surface area contributed by atoms with E-state index >= 15 is 0 Å². The second-order valence-electron chi connectivity index (χ2n) is 8.14. The highest BCUT2D eigenvalue weighted by Crippen LogP contribution is 2.33. The van der Waals surface area contributed by atoms with Gasteiger partial charge in [0.25, 0.3) is 11.5 Å². The van der Waals surface area contributed by atoms with Gasteiger partial charge in [-0.15, -0.1) is 11.3 Å². The first-order valence-corrected chi connectivity index (χ1v) is 11.1. The summed E-state index contributed by atoms with van der Waals surface area (Å²) in [6.45, 7) is 6.73. The number of thiazole rings is 1. The maximum absolute atomic E-state index is 13.1. The Balaban J connectivity index is 1.68. The lowest BCUT2D eigenvalue weighted by Gasteiger charge is -2.18. The summed E-state index contributed by atoms with van der Waals surface area (Å²) in [5, 5.41) is 9.04. The standard InChI is InChI=1S/C22H26N4O2S/c1-4-14-9-10-17-18(11-14)29-22(23-17)24-20(27)19-15-7-5-6-8-16(15)21(28)26(25-19)12-13(2)3/h5-8,13-14H,4,9-12H2,1-3H3,(H,23,24,27). The van der Waals surface area contributed by atoms with Crippen molar-refractivity contribution in [2.75, 3.05) is 5.32 Å². The van der Waals surface area contributed by atoms with E-state index in [9.17, 15) is 9.59 Å². The molecule has 0 spiro atoms. The molecule has 0 bridgehead atoms. The molecule has 0 fully saturated rings. The molecule has 0 saturated carbocycles. The number of carbonyl (C=O) groups excluding carboxylic acids is 1. The molecular formula is C22H26N4O2S. The number of aromatic nitrogens is 3. The van der Waals surface area contributed by atoms with E-state index in [2.05, 4.69) is 22.3 Å². The number of amides is 1. The maximum atomic E-state index is 13.1. The smallest absolute Gasteiger partial charge is 0.278 e. The summed E-state index contributed by atoms with van der Waals surface area (Å²) in [5.74, 6) is 0.628. The Hall–Kier alpha value is -2.54. The number of rotatable bonds is 5. The molecule has 3 aromatic rings. The van der Waals surface area contributed by atoms with Gasteiger partial charge in [-0.3, -0.25) is 14.9 Å². The molecule has 29 heavy (non-hydrogen) atoms. The minimum atomic E-state index is -0.322. The molecule has 2 heterocycles. The third-order valence-electron chi connectivity index (χ3n) is 5.46. The molecule has 1 aliphatic carbocycles. The summed E-state index contributed by atoms with van der Waals surface area (Å²) < 4.78 is 1.40. The highest BCUT2D eigenvalue weighted by atomic mass is 32.1. The van der Waals surface area contributed by atoms with Gasteiger partial charge in [0, 0.05) is 16.8 Å². The van der Waals surface area contributed by atoms with Gasteiger partial charge in [0.15, 0.2) is 10.8 Å². The van der Waals surface area contributed by atoms with Crippen LogP contribution in [-0.2, 0) is 19.4 Å². The molecule has 2 aromatic heterocycles. The monoisotopic (exact) mass is 410 g/mol. The van der Waals surface area contributed by atoms with Gasteiger partial charge in [-0.2, -0.15) is 5.10 Å². The lowest BCUT2D eigenvalue weighted by Crippen LogP contribution is -2.29. The first kappa shape index (κ1) is 19.8. The van der Waals surface area contributed by atoms with Crippen LogP contribution in [0.2, 0.25) is 0 Å². The van der Waals surface area contributed by atoms with Crippen LogP contribution in [0.15, 0.2) is 29.1 Å². The molecule has 4 rings (SSSR count). The van der Waals surface area contributed by atoms with Crippen LogP contribution >= 0.6 is 11.3 Å². The number of anilines is 1. The summed E-state index contributed by atoms with van der Waals surface area (Å²) in [5.41, 5.74) is 1.21. The molecule has 1 N–H and O–H groups in total. The Morgan fingerprint density at radius 3 is 2.79 bits per heavy atom. The van der Waals surface area contributed by atoms with E-state index in [1.165, 1.54) is 16.0 Å². The number of benzene rings is 1. The number of hydrogen-bond donors (Lipinski definition) is 1. The average Bonchev–Trinajstić information content (AvgIpc) is 3.11. The molecule has 7 heteroatoms. The number of nitrogens with zero attached hydrogens (tertiary/aromatic N) is 3. The maximum Gasteiger partial charge on any atom is 0.278 e. The fraction of sp³-hybridized carbons (Fsp3) is 0.455. The summed E-state index contributed by atoms with van der Waals surface area (Å²) in [6, 6.07) is 7.15. The number of aryl methyl sites for hydroxylation is 1. The zero-order chi connectivity index (χ0) is 20.5. The van der Waals surface area contributed by atoms with E-state index < -0.39 is 0 Å². The predicted octanol–water partition coefficient (Wildman–Crippen LogP) is 4.28. The van der Waals surface area contributed by atoms with Crippen molar-refractivity contribution in [3.8, 4) is 0 Å². The fourth-order valence-electron chi connectivity index (χ4n) is 3.87. The Labute approximate surface area is 174 Å². The van der Waals surface area contributed by atoms with Crippen LogP contribution in [0, 0.1) is 11.8 Å². The van der Waals surface area contributed by atoms with Crippen molar-refractivity contribution < 1.29 is 4.79 Å². The van der Waals surface area contributed by atoms with Crippen LogP contribution in [0.5, 0.6) is 0 Å². The third-order valence-corrected chi connectivity index (χ3v) is 6.50. The molecule has 0 aliphatic heterocycles. The van der Waals surface area contributed by atoms with Crippen molar-refractivity contribution in [3.63, 3.8) is 0 Å². The Morgan fingerprint density at radius 2 is 2.07 bits per heavy atom. The zero-order valence-electron chi connectivity index (χ0n) is 17.1. The van der Waals surface area contributed by atoms with E-state index in [0.29, 0.717) is 28.4 Å². The van der Waals surface area contributed by atoms with Crippen LogP contribution in [0.3, 0.4) is 0 Å². The Morgan fingerprint density at radius 1 is 1.31 bits per heavy atom. The van der Waals surface area contributed by atoms with Gasteiger partial charge >= 0.3 is 0 Å². The summed E-state index contributed by atoms with van der Waals surface area (Å²) in [6.07, 6.45) is 4.35. The van der Waals surface area contributed by atoms with E-state index in [1.807, 2.05) is 26.0 Å². The van der Waals surface area contributed by atoms with E-state index in [-0.39, 0.29) is 23.1 Å². The predicted molar refractivity (Wildman–Crippen MR) is 117 cm³/mol. The van der Waals surface area contributed by atoms with Crippen LogP contribution in [0.25, 0.3) is 10.8 Å². The Kier molecular flexibility index (Phi) is 5.50. The minimum Gasteiger partial charge on any atom is -0.296 e. The third kappa shape index (κ3) is 3.96. The molecule has 1 amide bonds.